The second-order valence-corrected chi connectivity index (χ2v) is 4.40. The van der Waals surface area contributed by atoms with Gasteiger partial charge in [0.1, 0.15) is 5.82 Å². The van der Waals surface area contributed by atoms with Crippen molar-refractivity contribution in [2.24, 2.45) is 0 Å². The molecule has 0 fully saturated rings. The predicted octanol–water partition coefficient (Wildman–Crippen LogP) is 2.38. The first-order valence-corrected chi connectivity index (χ1v) is 6.29. The molecule has 0 unspecified atom stereocenters. The maximum atomic E-state index is 8.68. The number of nitrogens with zero attached hydrogens (tertiary/aromatic N) is 1. The lowest BCUT2D eigenvalue weighted by atomic mass is 10.4. The minimum absolute atomic E-state index is 0.263. The van der Waals surface area contributed by atoms with Gasteiger partial charge in [-0.25, -0.2) is 4.98 Å². The smallest absolute Gasteiger partial charge is 0.126 e. The molecule has 0 bridgehead atoms. The molecule has 0 radical (unpaired) electrons. The van der Waals surface area contributed by atoms with Crippen molar-refractivity contribution in [3.63, 3.8) is 0 Å². The van der Waals surface area contributed by atoms with Crippen molar-refractivity contribution in [2.45, 2.75) is 24.7 Å². The molecule has 0 atom stereocenters. The van der Waals surface area contributed by atoms with E-state index in [1.165, 1.54) is 4.90 Å². The van der Waals surface area contributed by atoms with Crippen LogP contribution in [0.5, 0.6) is 0 Å². The Labute approximate surface area is 95.3 Å². The summed E-state index contributed by atoms with van der Waals surface area (Å²) in [6.45, 7) is 3.35. The number of hydrogen-bond donors (Lipinski definition) is 2. The third kappa shape index (κ3) is 5.04. The highest BCUT2D eigenvalue weighted by Gasteiger charge is 1.97. The Hall–Kier alpha value is -0.740. The van der Waals surface area contributed by atoms with Gasteiger partial charge in [-0.1, -0.05) is 6.92 Å². The fraction of sp³-hybridized carbons (Fsp3) is 0.545. The van der Waals surface area contributed by atoms with E-state index in [1.54, 1.807) is 11.8 Å². The number of aliphatic hydroxyl groups excluding tert-OH is 1. The Morgan fingerprint density at radius 2 is 2.40 bits per heavy atom. The summed E-state index contributed by atoms with van der Waals surface area (Å²) >= 11 is 1.75. The molecule has 0 saturated heterocycles. The average Bonchev–Trinajstić information content (AvgIpc) is 2.27. The van der Waals surface area contributed by atoms with Gasteiger partial charge >= 0.3 is 0 Å². The quantitative estimate of drug-likeness (QED) is 0.553. The number of hydrogen-bond acceptors (Lipinski definition) is 4. The first-order valence-electron chi connectivity index (χ1n) is 5.30. The molecule has 3 nitrogen and oxygen atoms in total. The maximum absolute atomic E-state index is 8.68. The van der Waals surface area contributed by atoms with Gasteiger partial charge in [-0.2, -0.15) is 0 Å². The van der Waals surface area contributed by atoms with Crippen LogP contribution in [-0.4, -0.2) is 29.0 Å². The minimum atomic E-state index is 0.263. The Morgan fingerprint density at radius 1 is 1.53 bits per heavy atom. The van der Waals surface area contributed by atoms with Crippen molar-refractivity contribution in [3.05, 3.63) is 18.3 Å². The van der Waals surface area contributed by atoms with Crippen molar-refractivity contribution in [2.75, 3.05) is 24.2 Å². The van der Waals surface area contributed by atoms with Gasteiger partial charge in [0.2, 0.25) is 0 Å². The van der Waals surface area contributed by atoms with Crippen molar-refractivity contribution in [1.29, 1.82) is 0 Å². The first-order chi connectivity index (χ1) is 7.36. The molecule has 2 N–H and O–H groups in total. The summed E-state index contributed by atoms with van der Waals surface area (Å²) in [5.41, 5.74) is 0. The molecule has 1 heterocycles. The van der Waals surface area contributed by atoms with Gasteiger partial charge in [0.25, 0.3) is 0 Å². The minimum Gasteiger partial charge on any atom is -0.396 e. The van der Waals surface area contributed by atoms with Gasteiger partial charge < -0.3 is 10.4 Å². The molecule has 0 aliphatic rings. The van der Waals surface area contributed by atoms with Gasteiger partial charge in [0, 0.05) is 30.0 Å². The summed E-state index contributed by atoms with van der Waals surface area (Å²) < 4.78 is 0. The Kier molecular flexibility index (Phi) is 6.20. The van der Waals surface area contributed by atoms with Crippen LogP contribution in [0.2, 0.25) is 0 Å². The summed E-state index contributed by atoms with van der Waals surface area (Å²) in [7, 11) is 0. The van der Waals surface area contributed by atoms with E-state index in [4.69, 9.17) is 5.11 Å². The standard InChI is InChI=1S/C11H18N2OS/c1-2-5-12-11-9-10(4-6-13-11)15-8-3-7-14/h4,6,9,14H,2-3,5,7-8H2,1H3,(H,12,13). The second-order valence-electron chi connectivity index (χ2n) is 3.23. The van der Waals surface area contributed by atoms with Crippen LogP contribution in [0.3, 0.4) is 0 Å². The highest BCUT2D eigenvalue weighted by atomic mass is 32.2. The summed E-state index contributed by atoms with van der Waals surface area (Å²) in [6, 6.07) is 4.05. The molecule has 0 spiro atoms. The fourth-order valence-corrected chi connectivity index (χ4v) is 1.97. The van der Waals surface area contributed by atoms with Crippen LogP contribution in [0.1, 0.15) is 19.8 Å². The van der Waals surface area contributed by atoms with Gasteiger partial charge in [0.05, 0.1) is 0 Å². The number of rotatable bonds is 7. The third-order valence-electron chi connectivity index (χ3n) is 1.86. The molecule has 1 aromatic heterocycles. The molecule has 0 aliphatic carbocycles. The van der Waals surface area contributed by atoms with Crippen molar-refractivity contribution >= 4 is 17.6 Å². The first kappa shape index (κ1) is 12.3. The highest BCUT2D eigenvalue weighted by molar-refractivity contribution is 7.99. The van der Waals surface area contributed by atoms with Crippen molar-refractivity contribution < 1.29 is 5.11 Å². The zero-order chi connectivity index (χ0) is 10.9. The number of pyridine rings is 1. The van der Waals surface area contributed by atoms with Crippen LogP contribution < -0.4 is 5.32 Å². The molecule has 0 aliphatic heterocycles. The van der Waals surface area contributed by atoms with E-state index in [0.29, 0.717) is 0 Å². The van der Waals surface area contributed by atoms with Crippen LogP contribution in [0.15, 0.2) is 23.2 Å². The molecular weight excluding hydrogens is 208 g/mol. The van der Waals surface area contributed by atoms with Gasteiger partial charge in [0.15, 0.2) is 0 Å². The van der Waals surface area contributed by atoms with Gasteiger partial charge in [-0.05, 0) is 25.0 Å². The number of anilines is 1. The Morgan fingerprint density at radius 3 is 3.13 bits per heavy atom. The Bertz CT molecular complexity index is 281. The SMILES string of the molecule is CCCNc1cc(SCCCO)ccn1. The monoisotopic (exact) mass is 226 g/mol. The average molecular weight is 226 g/mol. The zero-order valence-corrected chi connectivity index (χ0v) is 9.89. The van der Waals surface area contributed by atoms with E-state index < -0.39 is 0 Å². The van der Waals surface area contributed by atoms with E-state index in [1.807, 2.05) is 12.3 Å². The topological polar surface area (TPSA) is 45.1 Å². The number of thioether (sulfide) groups is 1. The molecule has 1 aromatic rings. The number of aliphatic hydroxyl groups is 1. The summed E-state index contributed by atoms with van der Waals surface area (Å²) in [5.74, 6) is 1.89. The number of nitrogens with one attached hydrogen (secondary N) is 1. The lowest BCUT2D eigenvalue weighted by Crippen LogP contribution is -2.01. The second kappa shape index (κ2) is 7.54. The predicted molar refractivity (Wildman–Crippen MR) is 65.4 cm³/mol. The lowest BCUT2D eigenvalue weighted by Gasteiger charge is -2.05. The molecule has 15 heavy (non-hydrogen) atoms. The molecule has 0 amide bonds. The molecule has 1 rings (SSSR count). The molecular formula is C11H18N2OS. The fourth-order valence-electron chi connectivity index (χ4n) is 1.11. The van der Waals surface area contributed by atoms with Gasteiger partial charge in [-0.15, -0.1) is 11.8 Å². The van der Waals surface area contributed by atoms with E-state index in [9.17, 15) is 0 Å². The van der Waals surface area contributed by atoms with Crippen molar-refractivity contribution in [3.8, 4) is 0 Å². The van der Waals surface area contributed by atoms with Crippen molar-refractivity contribution in [1.82, 2.24) is 4.98 Å². The molecule has 4 heteroatoms. The molecule has 0 saturated carbocycles. The molecule has 0 aromatic carbocycles. The Balaban J connectivity index is 2.42. The lowest BCUT2D eigenvalue weighted by molar-refractivity contribution is 0.296. The van der Waals surface area contributed by atoms with E-state index in [2.05, 4.69) is 23.3 Å². The molecule has 84 valence electrons. The van der Waals surface area contributed by atoms with E-state index >= 15 is 0 Å². The van der Waals surface area contributed by atoms with Crippen LogP contribution in [0.25, 0.3) is 0 Å². The van der Waals surface area contributed by atoms with E-state index in [0.717, 1.165) is 31.0 Å². The summed E-state index contributed by atoms with van der Waals surface area (Å²) in [4.78, 5) is 5.44. The van der Waals surface area contributed by atoms with Gasteiger partial charge in [-0.3, -0.25) is 0 Å². The normalized spacial score (nSPS) is 10.3. The van der Waals surface area contributed by atoms with Crippen LogP contribution in [0.4, 0.5) is 5.82 Å². The van der Waals surface area contributed by atoms with Crippen LogP contribution >= 0.6 is 11.8 Å². The van der Waals surface area contributed by atoms with E-state index in [-0.39, 0.29) is 6.61 Å². The highest BCUT2D eigenvalue weighted by Crippen LogP contribution is 2.20. The summed E-state index contributed by atoms with van der Waals surface area (Å²) in [5, 5.41) is 11.9. The van der Waals surface area contributed by atoms with Crippen LogP contribution in [0, 0.1) is 0 Å². The number of aromatic nitrogens is 1. The zero-order valence-electron chi connectivity index (χ0n) is 9.07. The summed E-state index contributed by atoms with van der Waals surface area (Å²) in [6.07, 6.45) is 3.76. The largest absolute Gasteiger partial charge is 0.396 e. The van der Waals surface area contributed by atoms with Crippen LogP contribution in [-0.2, 0) is 0 Å². The third-order valence-corrected chi connectivity index (χ3v) is 2.94. The maximum Gasteiger partial charge on any atom is 0.126 e.